The van der Waals surface area contributed by atoms with Crippen LogP contribution in [0, 0.1) is 5.82 Å². The number of nitrogens with zero attached hydrogens (tertiary/aromatic N) is 2. The van der Waals surface area contributed by atoms with Crippen molar-refractivity contribution in [2.45, 2.75) is 39.3 Å². The third-order valence-corrected chi connectivity index (χ3v) is 4.96. The topological polar surface area (TPSA) is 56.7 Å². The van der Waals surface area contributed by atoms with Gasteiger partial charge in [0.1, 0.15) is 5.82 Å². The Morgan fingerprint density at radius 3 is 2.43 bits per heavy atom. The number of likely N-dealkylation sites (tertiary alicyclic amines) is 1. The zero-order valence-corrected chi connectivity index (χ0v) is 19.7. The van der Waals surface area contributed by atoms with Crippen LogP contribution in [-0.4, -0.2) is 36.4 Å². The van der Waals surface area contributed by atoms with E-state index in [1.807, 2.05) is 42.2 Å². The molecule has 0 bridgehead atoms. The maximum absolute atomic E-state index is 13.3. The molecule has 1 heterocycles. The van der Waals surface area contributed by atoms with E-state index in [1.165, 1.54) is 18.6 Å². The molecule has 0 saturated carbocycles. The molecule has 30 heavy (non-hydrogen) atoms. The summed E-state index contributed by atoms with van der Waals surface area (Å²) in [7, 11) is 0. The van der Waals surface area contributed by atoms with Crippen molar-refractivity contribution in [3.63, 3.8) is 0 Å². The minimum Gasteiger partial charge on any atom is -0.357 e. The molecule has 0 aromatic heterocycles. The summed E-state index contributed by atoms with van der Waals surface area (Å²) >= 11 is 0. The molecule has 5 nitrogen and oxygen atoms in total. The summed E-state index contributed by atoms with van der Waals surface area (Å²) < 4.78 is 13.3. The molecular weight excluding hydrogens is 494 g/mol. The lowest BCUT2D eigenvalue weighted by Gasteiger charge is -2.26. The van der Waals surface area contributed by atoms with Crippen molar-refractivity contribution in [1.29, 1.82) is 0 Å². The van der Waals surface area contributed by atoms with Gasteiger partial charge in [-0.1, -0.05) is 24.3 Å². The van der Waals surface area contributed by atoms with Gasteiger partial charge < -0.3 is 15.5 Å². The summed E-state index contributed by atoms with van der Waals surface area (Å²) in [5, 5.41) is 6.48. The molecule has 3 rings (SSSR count). The average Bonchev–Trinajstić information content (AvgIpc) is 2.76. The van der Waals surface area contributed by atoms with Gasteiger partial charge in [0.2, 0.25) is 0 Å². The number of guanidine groups is 1. The van der Waals surface area contributed by atoms with E-state index in [2.05, 4.69) is 15.6 Å². The third kappa shape index (κ3) is 7.27. The first-order chi connectivity index (χ1) is 14.2. The monoisotopic (exact) mass is 524 g/mol. The molecule has 0 atom stereocenters. The van der Waals surface area contributed by atoms with Crippen molar-refractivity contribution >= 4 is 35.8 Å². The number of nitrogens with one attached hydrogen (secondary N) is 2. The van der Waals surface area contributed by atoms with Gasteiger partial charge in [-0.25, -0.2) is 9.38 Å². The van der Waals surface area contributed by atoms with E-state index in [4.69, 9.17) is 0 Å². The average molecular weight is 524 g/mol. The Kier molecular flexibility index (Phi) is 10.1. The predicted octanol–water partition coefficient (Wildman–Crippen LogP) is 4.33. The summed E-state index contributed by atoms with van der Waals surface area (Å²) in [5.74, 6) is 0.536. The highest BCUT2D eigenvalue weighted by Crippen LogP contribution is 2.14. The summed E-state index contributed by atoms with van der Waals surface area (Å²) in [5.41, 5.74) is 2.63. The van der Waals surface area contributed by atoms with Crippen molar-refractivity contribution < 1.29 is 9.18 Å². The maximum atomic E-state index is 13.3. The summed E-state index contributed by atoms with van der Waals surface area (Å²) in [6, 6.07) is 14.2. The van der Waals surface area contributed by atoms with Crippen LogP contribution in [0.1, 0.15) is 47.7 Å². The van der Waals surface area contributed by atoms with Crippen LogP contribution in [0.5, 0.6) is 0 Å². The molecule has 1 fully saturated rings. The van der Waals surface area contributed by atoms with Gasteiger partial charge in [0.05, 0.1) is 6.54 Å². The van der Waals surface area contributed by atoms with Crippen molar-refractivity contribution in [2.75, 3.05) is 19.6 Å². The minimum atomic E-state index is -0.255. The van der Waals surface area contributed by atoms with E-state index in [0.29, 0.717) is 19.0 Å². The molecule has 162 valence electrons. The third-order valence-electron chi connectivity index (χ3n) is 4.96. The van der Waals surface area contributed by atoms with Crippen LogP contribution in [0.2, 0.25) is 0 Å². The normalized spacial score (nSPS) is 14.1. The van der Waals surface area contributed by atoms with E-state index in [9.17, 15) is 9.18 Å². The number of halogens is 2. The zero-order chi connectivity index (χ0) is 20.5. The van der Waals surface area contributed by atoms with Gasteiger partial charge in [0.15, 0.2) is 5.96 Å². The lowest BCUT2D eigenvalue weighted by Crippen LogP contribution is -2.37. The summed E-state index contributed by atoms with van der Waals surface area (Å²) in [4.78, 5) is 19.0. The van der Waals surface area contributed by atoms with Gasteiger partial charge in [-0.15, -0.1) is 24.0 Å². The SMILES string of the molecule is CCNC(=NCc1cccc(F)c1)NCc1ccc(C(=O)N2CCCCC2)cc1.I. The fourth-order valence-corrected chi connectivity index (χ4v) is 3.38. The molecule has 1 amide bonds. The largest absolute Gasteiger partial charge is 0.357 e. The molecule has 2 aromatic carbocycles. The Hall–Kier alpha value is -2.16. The van der Waals surface area contributed by atoms with Gasteiger partial charge >= 0.3 is 0 Å². The molecule has 1 aliphatic heterocycles. The fourth-order valence-electron chi connectivity index (χ4n) is 3.38. The van der Waals surface area contributed by atoms with E-state index in [-0.39, 0.29) is 35.7 Å². The van der Waals surface area contributed by atoms with Crippen molar-refractivity contribution in [3.05, 3.63) is 71.0 Å². The second-order valence-corrected chi connectivity index (χ2v) is 7.23. The van der Waals surface area contributed by atoms with E-state index in [1.54, 1.807) is 6.07 Å². The number of piperidine rings is 1. The molecular formula is C23H30FIN4O. The Morgan fingerprint density at radius 2 is 1.77 bits per heavy atom. The predicted molar refractivity (Wildman–Crippen MR) is 130 cm³/mol. The molecule has 0 aliphatic carbocycles. The highest BCUT2D eigenvalue weighted by Gasteiger charge is 2.17. The lowest BCUT2D eigenvalue weighted by molar-refractivity contribution is 0.0724. The number of aliphatic imine (C=N–C) groups is 1. The van der Waals surface area contributed by atoms with E-state index >= 15 is 0 Å². The first-order valence-electron chi connectivity index (χ1n) is 10.3. The van der Waals surface area contributed by atoms with Crippen LogP contribution in [-0.2, 0) is 13.1 Å². The Bertz CT molecular complexity index is 835. The van der Waals surface area contributed by atoms with Crippen LogP contribution < -0.4 is 10.6 Å². The Morgan fingerprint density at radius 1 is 1.03 bits per heavy atom. The fraction of sp³-hybridized carbons (Fsp3) is 0.391. The summed E-state index contributed by atoms with van der Waals surface area (Å²) in [6.45, 7) is 5.44. The molecule has 7 heteroatoms. The molecule has 0 unspecified atom stereocenters. The lowest BCUT2D eigenvalue weighted by atomic mass is 10.1. The molecule has 0 spiro atoms. The number of hydrogen-bond acceptors (Lipinski definition) is 2. The highest BCUT2D eigenvalue weighted by atomic mass is 127. The molecule has 0 radical (unpaired) electrons. The zero-order valence-electron chi connectivity index (χ0n) is 17.4. The number of rotatable bonds is 6. The van der Waals surface area contributed by atoms with Crippen LogP contribution >= 0.6 is 24.0 Å². The van der Waals surface area contributed by atoms with Gasteiger partial charge in [0, 0.05) is 31.7 Å². The first-order valence-corrected chi connectivity index (χ1v) is 10.3. The standard InChI is InChI=1S/C23H29FN4O.HI/c1-2-25-23(27-17-19-7-6-8-21(24)15-19)26-16-18-9-11-20(12-10-18)22(29)28-13-4-3-5-14-28;/h6-12,15H,2-5,13-14,16-17H2,1H3,(H2,25,26,27);1H. The number of carbonyl (C=O) groups excluding carboxylic acids is 1. The van der Waals surface area contributed by atoms with Gasteiger partial charge in [-0.05, 0) is 61.6 Å². The van der Waals surface area contributed by atoms with Crippen LogP contribution in [0.15, 0.2) is 53.5 Å². The van der Waals surface area contributed by atoms with Crippen LogP contribution in [0.25, 0.3) is 0 Å². The second-order valence-electron chi connectivity index (χ2n) is 7.23. The van der Waals surface area contributed by atoms with Gasteiger partial charge in [0.25, 0.3) is 5.91 Å². The van der Waals surface area contributed by atoms with Crippen molar-refractivity contribution in [2.24, 2.45) is 4.99 Å². The maximum Gasteiger partial charge on any atom is 0.253 e. The molecule has 1 saturated heterocycles. The smallest absolute Gasteiger partial charge is 0.253 e. The Balaban J connectivity index is 0.00000320. The number of carbonyl (C=O) groups is 1. The van der Waals surface area contributed by atoms with E-state index < -0.39 is 0 Å². The number of benzene rings is 2. The molecule has 2 N–H and O–H groups in total. The van der Waals surface area contributed by atoms with Crippen molar-refractivity contribution in [3.8, 4) is 0 Å². The number of hydrogen-bond donors (Lipinski definition) is 2. The molecule has 1 aliphatic rings. The quantitative estimate of drug-likeness (QED) is 0.336. The van der Waals surface area contributed by atoms with Crippen LogP contribution in [0.4, 0.5) is 4.39 Å². The van der Waals surface area contributed by atoms with Gasteiger partial charge in [-0.2, -0.15) is 0 Å². The Labute approximate surface area is 195 Å². The van der Waals surface area contributed by atoms with E-state index in [0.717, 1.165) is 49.2 Å². The summed E-state index contributed by atoms with van der Waals surface area (Å²) in [6.07, 6.45) is 3.40. The number of amides is 1. The second kappa shape index (κ2) is 12.5. The highest BCUT2D eigenvalue weighted by molar-refractivity contribution is 14.0. The van der Waals surface area contributed by atoms with Gasteiger partial charge in [-0.3, -0.25) is 4.79 Å². The first kappa shape index (κ1) is 24.1. The molecule has 2 aromatic rings. The minimum absolute atomic E-state index is 0. The van der Waals surface area contributed by atoms with Crippen molar-refractivity contribution in [1.82, 2.24) is 15.5 Å². The van der Waals surface area contributed by atoms with Crippen LogP contribution in [0.3, 0.4) is 0 Å².